The van der Waals surface area contributed by atoms with Gasteiger partial charge in [0.1, 0.15) is 0 Å². The summed E-state index contributed by atoms with van der Waals surface area (Å²) in [5.41, 5.74) is 4.11. The lowest BCUT2D eigenvalue weighted by atomic mass is 9.93. The lowest BCUT2D eigenvalue weighted by molar-refractivity contribution is -0.140. The summed E-state index contributed by atoms with van der Waals surface area (Å²) in [6.45, 7) is 2.34. The van der Waals surface area contributed by atoms with Crippen molar-refractivity contribution in [2.24, 2.45) is 5.92 Å². The molecule has 1 aromatic carbocycles. The van der Waals surface area contributed by atoms with Gasteiger partial charge in [-0.2, -0.15) is 0 Å². The molecule has 1 atom stereocenters. The summed E-state index contributed by atoms with van der Waals surface area (Å²) in [7, 11) is 1.47. The third kappa shape index (κ3) is 3.07. The van der Waals surface area contributed by atoms with Crippen LogP contribution in [-0.4, -0.2) is 36.1 Å². The number of fused-ring (bicyclic) bond motifs is 3. The molecule has 4 rings (SSSR count). The molecule has 2 aliphatic rings. The summed E-state index contributed by atoms with van der Waals surface area (Å²) in [6.07, 6.45) is 6.30. The molecule has 0 radical (unpaired) electrons. The van der Waals surface area contributed by atoms with Gasteiger partial charge in [-0.05, 0) is 49.7 Å². The van der Waals surface area contributed by atoms with Crippen LogP contribution in [0.4, 0.5) is 0 Å². The quantitative estimate of drug-likeness (QED) is 0.821. The normalized spacial score (nSPS) is 21.0. The molecule has 0 saturated heterocycles. The van der Waals surface area contributed by atoms with Gasteiger partial charge in [-0.25, -0.2) is 0 Å². The molecule has 1 aliphatic heterocycles. The number of hydrogen-bond donors (Lipinski definition) is 1. The number of esters is 1. The van der Waals surface area contributed by atoms with Gasteiger partial charge in [0.15, 0.2) is 0 Å². The number of benzene rings is 1. The van der Waals surface area contributed by atoms with Gasteiger partial charge in [-0.1, -0.05) is 18.2 Å². The minimum Gasteiger partial charge on any atom is -0.469 e. The van der Waals surface area contributed by atoms with Crippen molar-refractivity contribution >= 4 is 16.9 Å². The fraction of sp³-hybridized carbons (Fsp3) is 0.550. The standard InChI is InChI=1S/C20H26N2O2/c1-24-19(23)8-4-7-18-20-16(11-12-22(18)13-14-9-10-14)15-5-2-3-6-17(15)21-20/h2-3,5-6,14,18,21H,4,7-13H2,1H3. The highest BCUT2D eigenvalue weighted by molar-refractivity contribution is 5.85. The van der Waals surface area contributed by atoms with Gasteiger partial charge in [-0.15, -0.1) is 0 Å². The van der Waals surface area contributed by atoms with Crippen LogP contribution < -0.4 is 0 Å². The van der Waals surface area contributed by atoms with Crippen LogP contribution in [0.2, 0.25) is 0 Å². The van der Waals surface area contributed by atoms with Crippen molar-refractivity contribution in [2.45, 2.75) is 44.6 Å². The molecule has 2 aromatic rings. The van der Waals surface area contributed by atoms with Gasteiger partial charge >= 0.3 is 5.97 Å². The van der Waals surface area contributed by atoms with Crippen LogP contribution in [0.5, 0.6) is 0 Å². The van der Waals surface area contributed by atoms with Crippen molar-refractivity contribution in [1.82, 2.24) is 9.88 Å². The van der Waals surface area contributed by atoms with Crippen molar-refractivity contribution in [3.63, 3.8) is 0 Å². The molecule has 0 spiro atoms. The predicted molar refractivity (Wildman–Crippen MR) is 94.9 cm³/mol. The van der Waals surface area contributed by atoms with E-state index in [0.29, 0.717) is 12.5 Å². The zero-order valence-corrected chi connectivity index (χ0v) is 14.4. The van der Waals surface area contributed by atoms with Crippen LogP contribution in [0.25, 0.3) is 10.9 Å². The first kappa shape index (κ1) is 15.7. The second-order valence-corrected chi connectivity index (χ2v) is 7.24. The first-order valence-corrected chi connectivity index (χ1v) is 9.16. The molecule has 0 amide bonds. The number of methoxy groups -OCH3 is 1. The highest BCUT2D eigenvalue weighted by atomic mass is 16.5. The lowest BCUT2D eigenvalue weighted by Crippen LogP contribution is -2.37. The lowest BCUT2D eigenvalue weighted by Gasteiger charge is -2.36. The number of hydrogen-bond acceptors (Lipinski definition) is 3. The van der Waals surface area contributed by atoms with E-state index in [4.69, 9.17) is 4.74 Å². The Kier molecular flexibility index (Phi) is 4.31. The zero-order chi connectivity index (χ0) is 16.5. The number of nitrogens with one attached hydrogen (secondary N) is 1. The Morgan fingerprint density at radius 2 is 2.17 bits per heavy atom. The first-order chi connectivity index (χ1) is 11.8. The number of aromatic amines is 1. The van der Waals surface area contributed by atoms with Crippen LogP contribution in [0.3, 0.4) is 0 Å². The number of carbonyl (C=O) groups is 1. The molecular weight excluding hydrogens is 300 g/mol. The maximum atomic E-state index is 11.5. The van der Waals surface area contributed by atoms with E-state index in [9.17, 15) is 4.79 Å². The average molecular weight is 326 g/mol. The molecule has 0 bridgehead atoms. The highest BCUT2D eigenvalue weighted by Gasteiger charge is 2.33. The smallest absolute Gasteiger partial charge is 0.305 e. The Bertz CT molecular complexity index is 732. The molecule has 1 aromatic heterocycles. The van der Waals surface area contributed by atoms with E-state index >= 15 is 0 Å². The maximum Gasteiger partial charge on any atom is 0.305 e. The second-order valence-electron chi connectivity index (χ2n) is 7.24. The van der Waals surface area contributed by atoms with Crippen molar-refractivity contribution in [2.75, 3.05) is 20.2 Å². The van der Waals surface area contributed by atoms with Gasteiger partial charge in [0, 0.05) is 36.1 Å². The van der Waals surface area contributed by atoms with Gasteiger partial charge in [0.2, 0.25) is 0 Å². The van der Waals surface area contributed by atoms with Crippen molar-refractivity contribution in [3.8, 4) is 0 Å². The molecule has 1 fully saturated rings. The summed E-state index contributed by atoms with van der Waals surface area (Å²) >= 11 is 0. The number of para-hydroxylation sites is 1. The van der Waals surface area contributed by atoms with E-state index in [-0.39, 0.29) is 5.97 Å². The van der Waals surface area contributed by atoms with E-state index in [1.54, 1.807) is 0 Å². The summed E-state index contributed by atoms with van der Waals surface area (Å²) in [5.74, 6) is 0.787. The molecule has 4 heteroatoms. The summed E-state index contributed by atoms with van der Waals surface area (Å²) in [6, 6.07) is 9.03. The average Bonchev–Trinajstić information content (AvgIpc) is 3.34. The SMILES string of the molecule is COC(=O)CCCC1c2[nH]c3ccccc3c2CCN1CC1CC1. The van der Waals surface area contributed by atoms with Gasteiger partial charge < -0.3 is 9.72 Å². The van der Waals surface area contributed by atoms with Crippen LogP contribution in [0, 0.1) is 5.92 Å². The number of H-pyrrole nitrogens is 1. The van der Waals surface area contributed by atoms with Gasteiger partial charge in [0.05, 0.1) is 13.2 Å². The number of ether oxygens (including phenoxy) is 1. The minimum absolute atomic E-state index is 0.101. The maximum absolute atomic E-state index is 11.5. The molecule has 1 saturated carbocycles. The van der Waals surface area contributed by atoms with Gasteiger partial charge in [-0.3, -0.25) is 9.69 Å². The van der Waals surface area contributed by atoms with E-state index in [0.717, 1.165) is 31.7 Å². The van der Waals surface area contributed by atoms with Crippen LogP contribution in [0.15, 0.2) is 24.3 Å². The summed E-state index contributed by atoms with van der Waals surface area (Å²) < 4.78 is 4.80. The van der Waals surface area contributed by atoms with E-state index < -0.39 is 0 Å². The first-order valence-electron chi connectivity index (χ1n) is 9.16. The fourth-order valence-corrected chi connectivity index (χ4v) is 4.09. The second kappa shape index (κ2) is 6.60. The summed E-state index contributed by atoms with van der Waals surface area (Å²) in [4.78, 5) is 17.8. The molecule has 4 nitrogen and oxygen atoms in total. The summed E-state index contributed by atoms with van der Waals surface area (Å²) in [5, 5.41) is 1.37. The van der Waals surface area contributed by atoms with E-state index in [1.807, 2.05) is 0 Å². The largest absolute Gasteiger partial charge is 0.469 e. The fourth-order valence-electron chi connectivity index (χ4n) is 4.09. The monoisotopic (exact) mass is 326 g/mol. The topological polar surface area (TPSA) is 45.3 Å². The third-order valence-corrected chi connectivity index (χ3v) is 5.55. The van der Waals surface area contributed by atoms with Crippen LogP contribution in [-0.2, 0) is 16.0 Å². The molecular formula is C20H26N2O2. The van der Waals surface area contributed by atoms with Crippen molar-refractivity contribution in [3.05, 3.63) is 35.5 Å². The minimum atomic E-state index is -0.101. The van der Waals surface area contributed by atoms with Gasteiger partial charge in [0.25, 0.3) is 0 Å². The van der Waals surface area contributed by atoms with E-state index in [1.165, 1.54) is 48.7 Å². The molecule has 1 unspecified atom stereocenters. The van der Waals surface area contributed by atoms with Crippen molar-refractivity contribution < 1.29 is 9.53 Å². The predicted octanol–water partition coefficient (Wildman–Crippen LogP) is 3.82. The number of nitrogens with zero attached hydrogens (tertiary/aromatic N) is 1. The Labute approximate surface area is 143 Å². The molecule has 24 heavy (non-hydrogen) atoms. The molecule has 1 aliphatic carbocycles. The Morgan fingerprint density at radius 3 is 2.96 bits per heavy atom. The third-order valence-electron chi connectivity index (χ3n) is 5.55. The number of aromatic nitrogens is 1. The van der Waals surface area contributed by atoms with Crippen LogP contribution in [0.1, 0.15) is 49.4 Å². The van der Waals surface area contributed by atoms with E-state index in [2.05, 4.69) is 34.1 Å². The Morgan fingerprint density at radius 1 is 1.33 bits per heavy atom. The molecule has 1 N–H and O–H groups in total. The van der Waals surface area contributed by atoms with Crippen LogP contribution >= 0.6 is 0 Å². The van der Waals surface area contributed by atoms with Crippen molar-refractivity contribution in [1.29, 1.82) is 0 Å². The Balaban J connectivity index is 1.59. The molecule has 128 valence electrons. The number of rotatable bonds is 6. The highest BCUT2D eigenvalue weighted by Crippen LogP contribution is 2.40. The zero-order valence-electron chi connectivity index (χ0n) is 14.4. The number of carbonyl (C=O) groups excluding carboxylic acids is 1. The molecule has 2 heterocycles. The Hall–Kier alpha value is -1.81.